The van der Waals surface area contributed by atoms with Crippen LogP contribution in [0.25, 0.3) is 60.8 Å². The molecule has 162 valence electrons. The normalized spacial score (nSPS) is 11.8. The number of aromatic nitrogens is 2. The Balaban J connectivity index is 1.69. The van der Waals surface area contributed by atoms with Crippen LogP contribution in [0.5, 0.6) is 0 Å². The van der Waals surface area contributed by atoms with Gasteiger partial charge >= 0.3 is 0 Å². The van der Waals surface area contributed by atoms with Crippen LogP contribution in [0.15, 0.2) is 108 Å². The lowest BCUT2D eigenvalue weighted by atomic mass is 10.0. The number of hydrogen-bond acceptors (Lipinski definition) is 1. The molecule has 2 heterocycles. The minimum absolute atomic E-state index is 0.917. The van der Waals surface area contributed by atoms with Crippen LogP contribution in [0.2, 0.25) is 0 Å². The maximum atomic E-state index is 6.52. The summed E-state index contributed by atoms with van der Waals surface area (Å²) in [6, 6.07) is 36.4. The van der Waals surface area contributed by atoms with Crippen molar-refractivity contribution in [3.8, 4) is 17.1 Å². The molecule has 7 aromatic rings. The Morgan fingerprint density at radius 1 is 0.676 bits per heavy atom. The average Bonchev–Trinajstić information content (AvgIpc) is 3.39. The molecule has 0 radical (unpaired) electrons. The molecule has 7 rings (SSSR count). The fraction of sp³-hybridized carbons (Fsp3) is 0.0645. The molecule has 0 fully saturated rings. The van der Waals surface area contributed by atoms with Crippen LogP contribution >= 0.6 is 0 Å². The summed E-state index contributed by atoms with van der Waals surface area (Å²) in [6.07, 6.45) is 0. The van der Waals surface area contributed by atoms with Gasteiger partial charge in [0.15, 0.2) is 16.6 Å². The Morgan fingerprint density at radius 3 is 2.32 bits per heavy atom. The summed E-state index contributed by atoms with van der Waals surface area (Å²) in [5.74, 6) is 1.11. The standard InChI is InChI=1S/C31H23N2O/c1-20-18-19-24-23-13-5-8-17-28(23)34-30(24)29(20)31-32(2)26-14-6-7-15-27(26)33(31)25-16-9-11-21-10-3-4-12-22(21)25/h3-19H,1-2H3/q+1. The first-order chi connectivity index (χ1) is 16.7. The van der Waals surface area contributed by atoms with Gasteiger partial charge in [-0.2, -0.15) is 4.57 Å². The van der Waals surface area contributed by atoms with Crippen molar-refractivity contribution < 1.29 is 8.98 Å². The summed E-state index contributed by atoms with van der Waals surface area (Å²) < 4.78 is 11.2. The highest BCUT2D eigenvalue weighted by molar-refractivity contribution is 6.10. The number of hydrogen-bond donors (Lipinski definition) is 0. The van der Waals surface area contributed by atoms with Gasteiger partial charge in [0.25, 0.3) is 5.82 Å². The van der Waals surface area contributed by atoms with E-state index in [2.05, 4.69) is 120 Å². The molecule has 3 heteroatoms. The molecule has 0 aliphatic carbocycles. The molecule has 0 saturated heterocycles. The van der Waals surface area contributed by atoms with Gasteiger partial charge in [-0.1, -0.05) is 78.9 Å². The second-order valence-electron chi connectivity index (χ2n) is 8.94. The quantitative estimate of drug-likeness (QED) is 0.256. The second-order valence-corrected chi connectivity index (χ2v) is 8.94. The van der Waals surface area contributed by atoms with Crippen molar-refractivity contribution in [2.75, 3.05) is 0 Å². The van der Waals surface area contributed by atoms with Gasteiger partial charge in [-0.3, -0.25) is 0 Å². The SMILES string of the molecule is Cc1ccc2c(oc3ccccc32)c1-c1n(-c2cccc3ccccc23)c2ccccc2[n+]1C. The Hall–Kier alpha value is -4.37. The molecular formula is C31H23N2O+. The molecule has 3 nitrogen and oxygen atoms in total. The minimum atomic E-state index is 0.917. The van der Waals surface area contributed by atoms with Gasteiger partial charge in [0.1, 0.15) is 16.8 Å². The van der Waals surface area contributed by atoms with E-state index in [0.29, 0.717) is 0 Å². The summed E-state index contributed by atoms with van der Waals surface area (Å²) >= 11 is 0. The predicted octanol–water partition coefficient (Wildman–Crippen LogP) is 7.48. The topological polar surface area (TPSA) is 21.9 Å². The van der Waals surface area contributed by atoms with Gasteiger partial charge in [0.05, 0.1) is 7.05 Å². The zero-order chi connectivity index (χ0) is 22.8. The van der Waals surface area contributed by atoms with E-state index in [1.165, 1.54) is 27.4 Å². The summed E-state index contributed by atoms with van der Waals surface area (Å²) in [4.78, 5) is 0. The van der Waals surface area contributed by atoms with Crippen LogP contribution in [0.3, 0.4) is 0 Å². The number of nitrogens with zero attached hydrogens (tertiary/aromatic N) is 2. The van der Waals surface area contributed by atoms with E-state index in [9.17, 15) is 0 Å². The fourth-order valence-electron chi connectivity index (χ4n) is 5.41. The molecule has 0 atom stereocenters. The molecular weight excluding hydrogens is 416 g/mol. The van der Waals surface area contributed by atoms with Gasteiger partial charge in [-0.05, 0) is 42.1 Å². The Kier molecular flexibility index (Phi) is 3.97. The van der Waals surface area contributed by atoms with Crippen molar-refractivity contribution in [3.63, 3.8) is 0 Å². The van der Waals surface area contributed by atoms with E-state index in [0.717, 1.165) is 39.0 Å². The maximum Gasteiger partial charge on any atom is 0.299 e. The van der Waals surface area contributed by atoms with Gasteiger partial charge in [-0.25, -0.2) is 4.57 Å². The third-order valence-corrected chi connectivity index (χ3v) is 7.00. The van der Waals surface area contributed by atoms with E-state index < -0.39 is 0 Å². The first kappa shape index (κ1) is 19.1. The fourth-order valence-corrected chi connectivity index (χ4v) is 5.41. The van der Waals surface area contributed by atoms with Crippen LogP contribution in [0.1, 0.15) is 5.56 Å². The summed E-state index contributed by atoms with van der Waals surface area (Å²) in [6.45, 7) is 2.17. The lowest BCUT2D eigenvalue weighted by Gasteiger charge is -2.09. The lowest BCUT2D eigenvalue weighted by Crippen LogP contribution is -2.30. The molecule has 0 aliphatic heterocycles. The number of benzene rings is 5. The smallest absolute Gasteiger partial charge is 0.299 e. The molecule has 0 unspecified atom stereocenters. The van der Waals surface area contributed by atoms with E-state index in [-0.39, 0.29) is 0 Å². The zero-order valence-corrected chi connectivity index (χ0v) is 19.1. The number of fused-ring (bicyclic) bond motifs is 5. The molecule has 34 heavy (non-hydrogen) atoms. The Labute approximate surface area is 197 Å². The summed E-state index contributed by atoms with van der Waals surface area (Å²) in [5, 5.41) is 4.74. The van der Waals surface area contributed by atoms with Gasteiger partial charge in [0, 0.05) is 16.2 Å². The minimum Gasteiger partial charge on any atom is -0.455 e. The van der Waals surface area contributed by atoms with E-state index in [4.69, 9.17) is 4.42 Å². The molecule has 0 aliphatic rings. The van der Waals surface area contributed by atoms with Crippen LogP contribution < -0.4 is 4.57 Å². The Morgan fingerprint density at radius 2 is 1.41 bits per heavy atom. The third kappa shape index (κ3) is 2.55. The van der Waals surface area contributed by atoms with Crippen molar-refractivity contribution in [2.45, 2.75) is 6.92 Å². The average molecular weight is 440 g/mol. The first-order valence-corrected chi connectivity index (χ1v) is 11.6. The number of rotatable bonds is 2. The maximum absolute atomic E-state index is 6.52. The van der Waals surface area contributed by atoms with Crippen LogP contribution in [0, 0.1) is 6.92 Å². The first-order valence-electron chi connectivity index (χ1n) is 11.6. The largest absolute Gasteiger partial charge is 0.455 e. The van der Waals surface area contributed by atoms with E-state index >= 15 is 0 Å². The highest BCUT2D eigenvalue weighted by Crippen LogP contribution is 2.39. The van der Waals surface area contributed by atoms with E-state index in [1.807, 2.05) is 6.07 Å². The monoisotopic (exact) mass is 439 g/mol. The molecule has 0 spiro atoms. The Bertz CT molecular complexity index is 1880. The number of para-hydroxylation sites is 3. The van der Waals surface area contributed by atoms with Crippen molar-refractivity contribution in [1.29, 1.82) is 0 Å². The van der Waals surface area contributed by atoms with Gasteiger partial charge < -0.3 is 4.42 Å². The predicted molar refractivity (Wildman–Crippen MR) is 139 cm³/mol. The molecule has 0 N–H and O–H groups in total. The summed E-state index contributed by atoms with van der Waals surface area (Å²) in [5.41, 5.74) is 7.67. The van der Waals surface area contributed by atoms with Crippen molar-refractivity contribution in [2.24, 2.45) is 7.05 Å². The number of furan rings is 1. The van der Waals surface area contributed by atoms with Crippen molar-refractivity contribution >= 4 is 43.7 Å². The van der Waals surface area contributed by atoms with Crippen LogP contribution in [0.4, 0.5) is 0 Å². The highest BCUT2D eigenvalue weighted by Gasteiger charge is 2.30. The molecule has 2 aromatic heterocycles. The number of imidazole rings is 1. The zero-order valence-electron chi connectivity index (χ0n) is 19.1. The van der Waals surface area contributed by atoms with Crippen molar-refractivity contribution in [1.82, 2.24) is 4.57 Å². The van der Waals surface area contributed by atoms with Gasteiger partial charge in [0.2, 0.25) is 0 Å². The highest BCUT2D eigenvalue weighted by atomic mass is 16.3. The molecule has 0 saturated carbocycles. The second kappa shape index (κ2) is 7.06. The van der Waals surface area contributed by atoms with Gasteiger partial charge in [-0.15, -0.1) is 0 Å². The van der Waals surface area contributed by atoms with Crippen LogP contribution in [-0.2, 0) is 7.05 Å². The van der Waals surface area contributed by atoms with E-state index in [1.54, 1.807) is 0 Å². The summed E-state index contributed by atoms with van der Waals surface area (Å²) in [7, 11) is 2.15. The molecule has 5 aromatic carbocycles. The third-order valence-electron chi connectivity index (χ3n) is 7.00. The lowest BCUT2D eigenvalue weighted by molar-refractivity contribution is -0.633. The molecule has 0 amide bonds. The van der Waals surface area contributed by atoms with Crippen LogP contribution in [-0.4, -0.2) is 4.57 Å². The van der Waals surface area contributed by atoms with Crippen molar-refractivity contribution in [3.05, 3.63) is 109 Å². The molecule has 0 bridgehead atoms. The number of aryl methyl sites for hydroxylation is 2.